The number of aliphatic hydroxyl groups excluding tert-OH is 1. The fraction of sp³-hybridized carbons (Fsp3) is 0.560. The molecule has 0 aromatic rings. The molecule has 1 unspecified atom stereocenters. The van der Waals surface area contributed by atoms with Crippen LogP contribution in [0.3, 0.4) is 0 Å². The van der Waals surface area contributed by atoms with Crippen molar-refractivity contribution in [1.82, 2.24) is 20.2 Å². The lowest BCUT2D eigenvalue weighted by molar-refractivity contribution is -0.163. The Morgan fingerprint density at radius 1 is 1.15 bits per heavy atom. The van der Waals surface area contributed by atoms with Gasteiger partial charge in [-0.1, -0.05) is 32.2 Å². The number of aliphatic carboxylic acids is 1. The van der Waals surface area contributed by atoms with Crippen molar-refractivity contribution < 1.29 is 43.7 Å². The standard InChI is InChI=1S/C25H32N4O9S/c1-5-7-37-24(35)27-11-14(9-15(27)16-10-17(31)26-29(16)25(36)38-8-6-2)39-21-12(3)19-18(13(4)30)22(32)28(19)20(21)23(33)34/h5-6,12-16,18-19,30H,1-2,7-11H2,3-4H3,(H,26,31)(H,33,34)/t12-,13-,14+,15+,16?,18-,19-/m1/s1. The van der Waals surface area contributed by atoms with Crippen molar-refractivity contribution in [3.05, 3.63) is 35.9 Å². The number of nitrogens with one attached hydrogen (secondary N) is 1. The van der Waals surface area contributed by atoms with Crippen LogP contribution in [0.2, 0.25) is 0 Å². The number of fused-ring (bicyclic) bond motifs is 1. The quantitative estimate of drug-likeness (QED) is 0.272. The second-order valence-corrected chi connectivity index (χ2v) is 11.2. The number of ether oxygens (including phenoxy) is 2. The summed E-state index contributed by atoms with van der Waals surface area (Å²) >= 11 is 1.25. The Labute approximate surface area is 229 Å². The maximum Gasteiger partial charge on any atom is 0.429 e. The molecule has 212 valence electrons. The van der Waals surface area contributed by atoms with Crippen LogP contribution in [0, 0.1) is 11.8 Å². The van der Waals surface area contributed by atoms with Crippen molar-refractivity contribution in [2.45, 2.75) is 56.2 Å². The molecule has 4 aliphatic rings. The van der Waals surface area contributed by atoms with E-state index in [9.17, 15) is 34.2 Å². The van der Waals surface area contributed by atoms with Crippen molar-refractivity contribution in [3.63, 3.8) is 0 Å². The van der Waals surface area contributed by atoms with E-state index in [1.165, 1.54) is 40.6 Å². The van der Waals surface area contributed by atoms with Crippen LogP contribution in [0.5, 0.6) is 0 Å². The van der Waals surface area contributed by atoms with E-state index in [0.717, 1.165) is 5.01 Å². The van der Waals surface area contributed by atoms with Crippen molar-refractivity contribution in [2.75, 3.05) is 19.8 Å². The first-order chi connectivity index (χ1) is 18.5. The number of carbonyl (C=O) groups excluding carboxylic acids is 4. The van der Waals surface area contributed by atoms with Crippen LogP contribution in [0.25, 0.3) is 0 Å². The summed E-state index contributed by atoms with van der Waals surface area (Å²) in [5.74, 6) is -3.14. The lowest BCUT2D eigenvalue weighted by Crippen LogP contribution is -2.63. The molecule has 13 nitrogen and oxygen atoms in total. The van der Waals surface area contributed by atoms with Crippen LogP contribution in [-0.2, 0) is 23.9 Å². The second kappa shape index (κ2) is 11.3. The fourth-order valence-corrected chi connectivity index (χ4v) is 7.33. The Kier molecular flexibility index (Phi) is 8.25. The summed E-state index contributed by atoms with van der Waals surface area (Å²) in [6.45, 7) is 10.4. The van der Waals surface area contributed by atoms with Crippen LogP contribution < -0.4 is 5.43 Å². The van der Waals surface area contributed by atoms with Crippen LogP contribution in [0.1, 0.15) is 26.7 Å². The van der Waals surface area contributed by atoms with Gasteiger partial charge in [-0.25, -0.2) is 19.4 Å². The Morgan fingerprint density at radius 3 is 2.38 bits per heavy atom. The highest BCUT2D eigenvalue weighted by molar-refractivity contribution is 8.03. The summed E-state index contributed by atoms with van der Waals surface area (Å²) in [6.07, 6.45) is 0.648. The lowest BCUT2D eigenvalue weighted by atomic mass is 9.79. The molecule has 0 spiro atoms. The van der Waals surface area contributed by atoms with Crippen LogP contribution in [0.4, 0.5) is 9.59 Å². The van der Waals surface area contributed by atoms with Gasteiger partial charge in [0.25, 0.3) is 0 Å². The van der Waals surface area contributed by atoms with Gasteiger partial charge in [-0.05, 0) is 13.3 Å². The first-order valence-electron chi connectivity index (χ1n) is 12.6. The van der Waals surface area contributed by atoms with Crippen molar-refractivity contribution in [3.8, 4) is 0 Å². The first kappa shape index (κ1) is 28.5. The summed E-state index contributed by atoms with van der Waals surface area (Å²) in [7, 11) is 0. The SMILES string of the molecule is C=CCOC(=O)N1NC(=O)CC1[C@@H]1C[C@H](SC2=C(C(=O)O)N3C(=O)[C@H]([C@@H](C)O)[C@H]3[C@H]2C)CN1C(=O)OCC=C. The Morgan fingerprint density at radius 2 is 1.79 bits per heavy atom. The third-order valence-electron chi connectivity index (χ3n) is 7.41. The highest BCUT2D eigenvalue weighted by atomic mass is 32.2. The number of carboxylic acid groups (broad SMARTS) is 1. The van der Waals surface area contributed by atoms with Crippen LogP contribution >= 0.6 is 11.8 Å². The topological polar surface area (TPSA) is 166 Å². The number of thioether (sulfide) groups is 1. The zero-order valence-electron chi connectivity index (χ0n) is 21.6. The number of likely N-dealkylation sites (tertiary alicyclic amines) is 1. The molecular weight excluding hydrogens is 532 g/mol. The molecule has 3 N–H and O–H groups in total. The van der Waals surface area contributed by atoms with Gasteiger partial charge in [0, 0.05) is 22.6 Å². The highest BCUT2D eigenvalue weighted by Crippen LogP contribution is 2.52. The molecule has 0 radical (unpaired) electrons. The first-order valence-corrected chi connectivity index (χ1v) is 13.5. The molecule has 0 aromatic carbocycles. The molecule has 7 atom stereocenters. The van der Waals surface area contributed by atoms with E-state index in [4.69, 9.17) is 9.47 Å². The number of β-lactam (4-membered cyclic amide) rings is 1. The molecule has 4 heterocycles. The minimum absolute atomic E-state index is 0.0440. The second-order valence-electron chi connectivity index (χ2n) is 9.87. The van der Waals surface area contributed by atoms with Gasteiger partial charge >= 0.3 is 18.2 Å². The van der Waals surface area contributed by atoms with Gasteiger partial charge in [0.15, 0.2) is 0 Å². The molecule has 3 saturated heterocycles. The monoisotopic (exact) mass is 564 g/mol. The predicted molar refractivity (Wildman–Crippen MR) is 138 cm³/mol. The zero-order valence-corrected chi connectivity index (χ0v) is 22.5. The molecule has 4 rings (SSSR count). The number of carbonyl (C=O) groups is 5. The van der Waals surface area contributed by atoms with Crippen molar-refractivity contribution >= 4 is 41.7 Å². The minimum Gasteiger partial charge on any atom is -0.477 e. The van der Waals surface area contributed by atoms with Gasteiger partial charge in [0.05, 0.1) is 36.6 Å². The van der Waals surface area contributed by atoms with E-state index in [2.05, 4.69) is 18.6 Å². The molecule has 0 saturated carbocycles. The van der Waals surface area contributed by atoms with E-state index in [1.54, 1.807) is 0 Å². The number of aliphatic hydroxyl groups is 1. The molecule has 39 heavy (non-hydrogen) atoms. The number of rotatable bonds is 9. The van der Waals surface area contributed by atoms with E-state index in [-0.39, 0.29) is 43.0 Å². The van der Waals surface area contributed by atoms with E-state index in [1.807, 2.05) is 6.92 Å². The average Bonchev–Trinajstić information content (AvgIpc) is 3.54. The zero-order chi connectivity index (χ0) is 28.6. The molecule has 4 aliphatic heterocycles. The summed E-state index contributed by atoms with van der Waals surface area (Å²) < 4.78 is 10.4. The third kappa shape index (κ3) is 5.10. The maximum atomic E-state index is 13.0. The average molecular weight is 565 g/mol. The molecule has 3 fully saturated rings. The largest absolute Gasteiger partial charge is 0.477 e. The normalized spacial score (nSPS) is 30.5. The van der Waals surface area contributed by atoms with Crippen molar-refractivity contribution in [2.24, 2.45) is 11.8 Å². The summed E-state index contributed by atoms with van der Waals surface area (Å²) in [4.78, 5) is 66.0. The molecular formula is C25H32N4O9S. The van der Waals surface area contributed by atoms with Gasteiger partial charge in [0.2, 0.25) is 11.8 Å². The number of hydrogen-bond acceptors (Lipinski definition) is 9. The van der Waals surface area contributed by atoms with Crippen LogP contribution in [0.15, 0.2) is 35.9 Å². The van der Waals surface area contributed by atoms with E-state index < -0.39 is 60.1 Å². The fourth-order valence-electron chi connectivity index (χ4n) is 5.79. The lowest BCUT2D eigenvalue weighted by Gasteiger charge is -2.46. The number of carboxylic acids is 1. The Hall–Kier alpha value is -3.52. The minimum atomic E-state index is -1.25. The van der Waals surface area contributed by atoms with Gasteiger partial charge < -0.3 is 29.5 Å². The van der Waals surface area contributed by atoms with Gasteiger partial charge in [0.1, 0.15) is 18.9 Å². The smallest absolute Gasteiger partial charge is 0.429 e. The van der Waals surface area contributed by atoms with E-state index in [0.29, 0.717) is 11.3 Å². The summed E-state index contributed by atoms with van der Waals surface area (Å²) in [6, 6.07) is -1.88. The predicted octanol–water partition coefficient (Wildman–Crippen LogP) is 1.07. The number of hydrogen-bond donors (Lipinski definition) is 3. The van der Waals surface area contributed by atoms with Gasteiger partial charge in [-0.3, -0.25) is 15.0 Å². The highest BCUT2D eigenvalue weighted by Gasteiger charge is 2.60. The number of hydrazine groups is 1. The molecule has 0 aliphatic carbocycles. The van der Waals surface area contributed by atoms with Gasteiger partial charge in [-0.2, -0.15) is 0 Å². The maximum absolute atomic E-state index is 13.0. The molecule has 0 bridgehead atoms. The number of amides is 4. The Balaban J connectivity index is 1.60. The summed E-state index contributed by atoms with van der Waals surface area (Å²) in [5.41, 5.74) is 2.36. The molecule has 4 amide bonds. The summed E-state index contributed by atoms with van der Waals surface area (Å²) in [5, 5.41) is 20.8. The van der Waals surface area contributed by atoms with Crippen molar-refractivity contribution in [1.29, 1.82) is 0 Å². The molecule has 14 heteroatoms. The third-order valence-corrected chi connectivity index (χ3v) is 8.90. The Bertz CT molecular complexity index is 1120. The number of nitrogens with zero attached hydrogens (tertiary/aromatic N) is 3. The van der Waals surface area contributed by atoms with Crippen LogP contribution in [-0.4, -0.2) is 104 Å². The molecule has 0 aromatic heterocycles. The van der Waals surface area contributed by atoms with Gasteiger partial charge in [-0.15, -0.1) is 11.8 Å². The van der Waals surface area contributed by atoms with E-state index >= 15 is 0 Å².